The van der Waals surface area contributed by atoms with Gasteiger partial charge in [0.1, 0.15) is 5.75 Å². The molecule has 1 saturated heterocycles. The summed E-state index contributed by atoms with van der Waals surface area (Å²) < 4.78 is 0.747. The molecule has 1 heterocycles. The predicted molar refractivity (Wildman–Crippen MR) is 78.8 cm³/mol. The fraction of sp³-hybridized carbons (Fsp3) is 0.462. The number of hydrogen-bond donors (Lipinski definition) is 3. The average Bonchev–Trinajstić information content (AvgIpc) is 2.35. The van der Waals surface area contributed by atoms with Crippen molar-refractivity contribution in [2.45, 2.75) is 31.8 Å². The highest BCUT2D eigenvalue weighted by molar-refractivity contribution is 14.1. The summed E-state index contributed by atoms with van der Waals surface area (Å²) in [5.41, 5.74) is 0.505. The molecule has 18 heavy (non-hydrogen) atoms. The third kappa shape index (κ3) is 3.14. The van der Waals surface area contributed by atoms with Crippen LogP contribution in [0.3, 0.4) is 0 Å². The number of aromatic hydroxyl groups is 1. The van der Waals surface area contributed by atoms with E-state index in [1.807, 2.05) is 22.6 Å². The minimum absolute atomic E-state index is 0.123. The van der Waals surface area contributed by atoms with Crippen molar-refractivity contribution >= 4 is 28.5 Å². The van der Waals surface area contributed by atoms with Gasteiger partial charge in [-0.15, -0.1) is 0 Å². The van der Waals surface area contributed by atoms with Crippen LogP contribution in [0.4, 0.5) is 0 Å². The second-order valence-electron chi connectivity index (χ2n) is 4.63. The predicted octanol–water partition coefficient (Wildman–Crippen LogP) is 1.87. The van der Waals surface area contributed by atoms with Crippen LogP contribution in [-0.2, 0) is 0 Å². The van der Waals surface area contributed by atoms with Gasteiger partial charge in [-0.3, -0.25) is 4.79 Å². The summed E-state index contributed by atoms with van der Waals surface area (Å²) in [6, 6.07) is 5.44. The van der Waals surface area contributed by atoms with Crippen molar-refractivity contribution in [3.8, 4) is 5.75 Å². The number of amides is 1. The normalized spacial score (nSPS) is 23.7. The number of phenols is 1. The molecule has 1 aliphatic heterocycles. The second kappa shape index (κ2) is 5.88. The van der Waals surface area contributed by atoms with E-state index >= 15 is 0 Å². The number of phenolic OH excluding ortho intramolecular Hbond substituents is 1. The number of carbonyl (C=O) groups is 1. The Balaban J connectivity index is 2.04. The van der Waals surface area contributed by atoms with Crippen LogP contribution in [0.2, 0.25) is 0 Å². The topological polar surface area (TPSA) is 61.4 Å². The van der Waals surface area contributed by atoms with E-state index in [9.17, 15) is 9.90 Å². The van der Waals surface area contributed by atoms with Crippen LogP contribution in [-0.4, -0.2) is 29.6 Å². The molecule has 1 amide bonds. The Morgan fingerprint density at radius 2 is 2.33 bits per heavy atom. The van der Waals surface area contributed by atoms with Crippen molar-refractivity contribution in [3.05, 3.63) is 27.3 Å². The number of carbonyl (C=O) groups excluding carboxylic acids is 1. The van der Waals surface area contributed by atoms with Gasteiger partial charge in [0.25, 0.3) is 5.91 Å². The smallest absolute Gasteiger partial charge is 0.251 e. The van der Waals surface area contributed by atoms with Gasteiger partial charge >= 0.3 is 0 Å². The molecule has 2 rings (SSSR count). The number of halogens is 1. The van der Waals surface area contributed by atoms with Gasteiger partial charge in [-0.1, -0.05) is 0 Å². The summed E-state index contributed by atoms with van der Waals surface area (Å²) >= 11 is 2.03. The first-order chi connectivity index (χ1) is 8.58. The molecule has 4 nitrogen and oxygen atoms in total. The van der Waals surface area contributed by atoms with E-state index in [1.165, 1.54) is 6.07 Å². The lowest BCUT2D eigenvalue weighted by atomic mass is 9.99. The summed E-state index contributed by atoms with van der Waals surface area (Å²) in [5.74, 6) is 0.0281. The van der Waals surface area contributed by atoms with Crippen LogP contribution >= 0.6 is 22.6 Å². The van der Waals surface area contributed by atoms with Gasteiger partial charge < -0.3 is 15.7 Å². The van der Waals surface area contributed by atoms with Crippen molar-refractivity contribution in [1.82, 2.24) is 10.6 Å². The minimum Gasteiger partial charge on any atom is -0.507 e. The third-order valence-corrected chi connectivity index (χ3v) is 4.20. The standard InChI is InChI=1S/C13H17IN2O2/c1-8-11(3-2-6-15-8)16-13(18)9-4-5-10(14)12(17)7-9/h4-5,7-8,11,15,17H,2-3,6H2,1H3,(H,16,18). The van der Waals surface area contributed by atoms with Gasteiger partial charge in [0.2, 0.25) is 0 Å². The number of hydrogen-bond acceptors (Lipinski definition) is 3. The van der Waals surface area contributed by atoms with E-state index in [0.29, 0.717) is 11.6 Å². The highest BCUT2D eigenvalue weighted by Gasteiger charge is 2.22. The third-order valence-electron chi connectivity index (χ3n) is 3.29. The molecule has 0 radical (unpaired) electrons. The Labute approximate surface area is 120 Å². The Kier molecular flexibility index (Phi) is 4.45. The van der Waals surface area contributed by atoms with Crippen molar-refractivity contribution in [2.24, 2.45) is 0 Å². The van der Waals surface area contributed by atoms with Crippen LogP contribution in [0.15, 0.2) is 18.2 Å². The first-order valence-electron chi connectivity index (χ1n) is 6.10. The van der Waals surface area contributed by atoms with Gasteiger partial charge in [-0.05, 0) is 67.1 Å². The van der Waals surface area contributed by atoms with Crippen molar-refractivity contribution < 1.29 is 9.90 Å². The van der Waals surface area contributed by atoms with Crippen LogP contribution in [0.1, 0.15) is 30.1 Å². The maximum absolute atomic E-state index is 12.1. The SMILES string of the molecule is CC1NCCCC1NC(=O)c1ccc(I)c(O)c1. The molecule has 1 aromatic carbocycles. The molecule has 0 aromatic heterocycles. The molecule has 1 aliphatic rings. The van der Waals surface area contributed by atoms with Gasteiger partial charge in [-0.2, -0.15) is 0 Å². The Bertz CT molecular complexity index is 451. The van der Waals surface area contributed by atoms with Crippen molar-refractivity contribution in [2.75, 3.05) is 6.54 Å². The zero-order valence-electron chi connectivity index (χ0n) is 10.2. The molecule has 0 spiro atoms. The molecule has 1 fully saturated rings. The first-order valence-corrected chi connectivity index (χ1v) is 7.18. The summed E-state index contributed by atoms with van der Waals surface area (Å²) in [4.78, 5) is 12.1. The lowest BCUT2D eigenvalue weighted by Crippen LogP contribution is -2.51. The lowest BCUT2D eigenvalue weighted by molar-refractivity contribution is 0.0919. The van der Waals surface area contributed by atoms with Crippen molar-refractivity contribution in [1.29, 1.82) is 0 Å². The van der Waals surface area contributed by atoms with Crippen LogP contribution in [0, 0.1) is 3.57 Å². The molecular weight excluding hydrogens is 343 g/mol. The molecule has 98 valence electrons. The van der Waals surface area contributed by atoms with Crippen LogP contribution in [0.5, 0.6) is 5.75 Å². The maximum atomic E-state index is 12.1. The number of nitrogens with one attached hydrogen (secondary N) is 2. The fourth-order valence-electron chi connectivity index (χ4n) is 2.15. The summed E-state index contributed by atoms with van der Waals surface area (Å²) in [7, 11) is 0. The molecule has 0 aliphatic carbocycles. The molecule has 5 heteroatoms. The zero-order chi connectivity index (χ0) is 13.1. The second-order valence-corrected chi connectivity index (χ2v) is 5.79. The minimum atomic E-state index is -0.123. The molecule has 2 atom stereocenters. The Hall–Kier alpha value is -0.820. The van der Waals surface area contributed by atoms with Gasteiger partial charge in [0.05, 0.1) is 3.57 Å². The summed E-state index contributed by atoms with van der Waals surface area (Å²) in [6.45, 7) is 3.09. The maximum Gasteiger partial charge on any atom is 0.251 e. The molecule has 1 aromatic rings. The average molecular weight is 360 g/mol. The van der Waals surface area contributed by atoms with Gasteiger partial charge in [0, 0.05) is 17.6 Å². The van der Waals surface area contributed by atoms with Gasteiger partial charge in [-0.25, -0.2) is 0 Å². The number of rotatable bonds is 2. The van der Waals surface area contributed by atoms with E-state index in [1.54, 1.807) is 12.1 Å². The Morgan fingerprint density at radius 3 is 3.00 bits per heavy atom. The van der Waals surface area contributed by atoms with E-state index in [4.69, 9.17) is 0 Å². The van der Waals surface area contributed by atoms with Crippen molar-refractivity contribution in [3.63, 3.8) is 0 Å². The van der Waals surface area contributed by atoms with E-state index < -0.39 is 0 Å². The molecular formula is C13H17IN2O2. The molecule has 0 saturated carbocycles. The molecule has 0 bridgehead atoms. The Morgan fingerprint density at radius 1 is 1.56 bits per heavy atom. The first kappa shape index (κ1) is 13.6. The highest BCUT2D eigenvalue weighted by atomic mass is 127. The highest BCUT2D eigenvalue weighted by Crippen LogP contribution is 2.20. The lowest BCUT2D eigenvalue weighted by Gasteiger charge is -2.30. The number of piperidine rings is 1. The fourth-order valence-corrected chi connectivity index (χ4v) is 2.48. The molecule has 2 unspecified atom stereocenters. The zero-order valence-corrected chi connectivity index (χ0v) is 12.4. The quantitative estimate of drug-likeness (QED) is 0.706. The van der Waals surface area contributed by atoms with Gasteiger partial charge in [0.15, 0.2) is 0 Å². The molecule has 3 N–H and O–H groups in total. The van der Waals surface area contributed by atoms with Crippen LogP contribution < -0.4 is 10.6 Å². The van der Waals surface area contributed by atoms with Crippen LogP contribution in [0.25, 0.3) is 0 Å². The van der Waals surface area contributed by atoms with E-state index in [2.05, 4.69) is 17.6 Å². The monoisotopic (exact) mass is 360 g/mol. The number of benzene rings is 1. The van der Waals surface area contributed by atoms with E-state index in [0.717, 1.165) is 23.0 Å². The van der Waals surface area contributed by atoms with E-state index in [-0.39, 0.29) is 17.7 Å². The summed E-state index contributed by atoms with van der Waals surface area (Å²) in [5, 5.41) is 16.0. The summed E-state index contributed by atoms with van der Waals surface area (Å²) in [6.07, 6.45) is 2.07. The largest absolute Gasteiger partial charge is 0.507 e.